The smallest absolute Gasteiger partial charge is 0.321 e. The van der Waals surface area contributed by atoms with Gasteiger partial charge in [-0.25, -0.2) is 0 Å². The van der Waals surface area contributed by atoms with Crippen molar-refractivity contribution in [3.63, 3.8) is 0 Å². The summed E-state index contributed by atoms with van der Waals surface area (Å²) in [5.74, 6) is -0.0945. The fraction of sp³-hybridized carbons (Fsp3) is 0.562. The lowest BCUT2D eigenvalue weighted by Crippen LogP contribution is -2.59. The molecule has 1 aromatic carbocycles. The molecule has 4 nitrogen and oxygen atoms in total. The number of carboxylic acid groups (broad SMARTS) is 1. The molecule has 0 radical (unpaired) electrons. The van der Waals surface area contributed by atoms with Gasteiger partial charge in [0.05, 0.1) is 0 Å². The van der Waals surface area contributed by atoms with Crippen molar-refractivity contribution in [3.8, 4) is 0 Å². The van der Waals surface area contributed by atoms with Crippen LogP contribution in [-0.2, 0) is 11.2 Å². The minimum absolute atomic E-state index is 0. The molecule has 3 aliphatic rings. The Labute approximate surface area is 144 Å². The van der Waals surface area contributed by atoms with Gasteiger partial charge >= 0.3 is 5.97 Å². The van der Waals surface area contributed by atoms with Crippen LogP contribution in [0.25, 0.3) is 0 Å². The van der Waals surface area contributed by atoms with Gasteiger partial charge in [0.1, 0.15) is 6.04 Å². The molecule has 2 N–H and O–H groups in total. The number of aliphatic carboxylic acids is 1. The van der Waals surface area contributed by atoms with Gasteiger partial charge in [-0.1, -0.05) is 30.3 Å². The largest absolute Gasteiger partial charge is 0.480 e. The first-order chi connectivity index (χ1) is 9.72. The van der Waals surface area contributed by atoms with E-state index in [1.165, 1.54) is 25.9 Å². The summed E-state index contributed by atoms with van der Waals surface area (Å²) in [5, 5.41) is 12.9. The predicted molar refractivity (Wildman–Crippen MR) is 92.2 cm³/mol. The number of nitrogens with zero attached hydrogens (tertiary/aromatic N) is 1. The van der Waals surface area contributed by atoms with E-state index in [1.807, 2.05) is 30.3 Å². The molecule has 0 unspecified atom stereocenters. The zero-order chi connectivity index (χ0) is 13.9. The Bertz CT molecular complexity index is 464. The van der Waals surface area contributed by atoms with Gasteiger partial charge < -0.3 is 10.0 Å². The zero-order valence-corrected chi connectivity index (χ0v) is 14.1. The summed E-state index contributed by atoms with van der Waals surface area (Å²) in [6, 6.07) is 9.72. The van der Waals surface area contributed by atoms with Gasteiger partial charge in [0, 0.05) is 12.6 Å². The lowest BCUT2D eigenvalue weighted by Gasteiger charge is -2.45. The fourth-order valence-electron chi connectivity index (χ4n) is 3.48. The van der Waals surface area contributed by atoms with Crippen LogP contribution in [0.3, 0.4) is 0 Å². The van der Waals surface area contributed by atoms with Crippen LogP contribution in [0.15, 0.2) is 30.3 Å². The van der Waals surface area contributed by atoms with Gasteiger partial charge in [-0.15, -0.1) is 24.8 Å². The SMILES string of the molecule is Cl.Cl.O=C(O)[C@H](Cc1ccccc1)N[C@@H]1CN2CCC1CC2. The first-order valence-corrected chi connectivity index (χ1v) is 7.47. The minimum atomic E-state index is -0.745. The Morgan fingerprint density at radius 1 is 1.23 bits per heavy atom. The molecule has 1 aromatic rings. The quantitative estimate of drug-likeness (QED) is 0.858. The molecular formula is C16H24Cl2N2O2. The van der Waals surface area contributed by atoms with Crippen molar-refractivity contribution in [1.29, 1.82) is 0 Å². The van der Waals surface area contributed by atoms with Crippen LogP contribution in [0.1, 0.15) is 18.4 Å². The average molecular weight is 347 g/mol. The minimum Gasteiger partial charge on any atom is -0.480 e. The summed E-state index contributed by atoms with van der Waals surface area (Å²) in [4.78, 5) is 14.0. The van der Waals surface area contributed by atoms with Crippen LogP contribution < -0.4 is 5.32 Å². The van der Waals surface area contributed by atoms with E-state index < -0.39 is 12.0 Å². The number of hydrogen-bond acceptors (Lipinski definition) is 3. The highest BCUT2D eigenvalue weighted by Crippen LogP contribution is 2.27. The maximum Gasteiger partial charge on any atom is 0.321 e. The summed E-state index contributed by atoms with van der Waals surface area (Å²) in [6.45, 7) is 3.36. The van der Waals surface area contributed by atoms with Gasteiger partial charge in [0.15, 0.2) is 0 Å². The number of carbonyl (C=O) groups is 1. The van der Waals surface area contributed by atoms with E-state index in [4.69, 9.17) is 0 Å². The number of rotatable bonds is 5. The number of hydrogen-bond donors (Lipinski definition) is 2. The second-order valence-corrected chi connectivity index (χ2v) is 5.99. The highest BCUT2D eigenvalue weighted by atomic mass is 35.5. The second kappa shape index (κ2) is 8.73. The van der Waals surface area contributed by atoms with Crippen molar-refractivity contribution in [3.05, 3.63) is 35.9 Å². The first kappa shape index (κ1) is 19.2. The lowest BCUT2D eigenvalue weighted by atomic mass is 9.83. The number of halogens is 2. The van der Waals surface area contributed by atoms with Gasteiger partial charge in [-0.2, -0.15) is 0 Å². The molecule has 22 heavy (non-hydrogen) atoms. The van der Waals surface area contributed by atoms with Crippen LogP contribution in [0.2, 0.25) is 0 Å². The molecule has 0 amide bonds. The zero-order valence-electron chi connectivity index (χ0n) is 12.5. The molecule has 3 aliphatic heterocycles. The molecule has 3 heterocycles. The Morgan fingerprint density at radius 2 is 1.86 bits per heavy atom. The van der Waals surface area contributed by atoms with Crippen LogP contribution in [0, 0.1) is 5.92 Å². The van der Waals surface area contributed by atoms with Crippen molar-refractivity contribution < 1.29 is 9.90 Å². The molecule has 3 fully saturated rings. The average Bonchev–Trinajstić information content (AvgIpc) is 2.49. The molecule has 0 saturated carbocycles. The van der Waals surface area contributed by atoms with Crippen molar-refractivity contribution in [1.82, 2.24) is 10.2 Å². The molecule has 3 saturated heterocycles. The molecule has 2 bridgehead atoms. The lowest BCUT2D eigenvalue weighted by molar-refractivity contribution is -0.140. The highest BCUT2D eigenvalue weighted by molar-refractivity contribution is 5.85. The van der Waals surface area contributed by atoms with E-state index >= 15 is 0 Å². The standard InChI is InChI=1S/C16H22N2O2.2ClH/c19-16(20)14(10-12-4-2-1-3-5-12)17-15-11-18-8-6-13(15)7-9-18;;/h1-5,13-15,17H,6-11H2,(H,19,20);2*1H/t14-,15+;;/m0../s1. The molecule has 0 spiro atoms. The normalized spacial score (nSPS) is 27.4. The summed E-state index contributed by atoms with van der Waals surface area (Å²) < 4.78 is 0. The summed E-state index contributed by atoms with van der Waals surface area (Å²) >= 11 is 0. The monoisotopic (exact) mass is 346 g/mol. The Hall–Kier alpha value is -0.810. The molecule has 124 valence electrons. The van der Waals surface area contributed by atoms with E-state index in [1.54, 1.807) is 0 Å². The number of carboxylic acids is 1. The van der Waals surface area contributed by atoms with Gasteiger partial charge in [0.25, 0.3) is 0 Å². The van der Waals surface area contributed by atoms with Gasteiger partial charge in [-0.3, -0.25) is 10.1 Å². The predicted octanol–water partition coefficient (Wildman–Crippen LogP) is 2.21. The third-order valence-electron chi connectivity index (χ3n) is 4.65. The highest BCUT2D eigenvalue weighted by Gasteiger charge is 2.36. The summed E-state index contributed by atoms with van der Waals surface area (Å²) in [6.07, 6.45) is 2.96. The Balaban J connectivity index is 0.00000121. The molecule has 4 rings (SSSR count). The molecule has 0 aromatic heterocycles. The number of piperidine rings is 3. The topological polar surface area (TPSA) is 52.6 Å². The van der Waals surface area contributed by atoms with E-state index in [2.05, 4.69) is 10.2 Å². The number of fused-ring (bicyclic) bond motifs is 3. The maximum atomic E-state index is 11.5. The van der Waals surface area contributed by atoms with Gasteiger partial charge in [0.2, 0.25) is 0 Å². The third kappa shape index (κ3) is 4.59. The second-order valence-electron chi connectivity index (χ2n) is 5.99. The Kier molecular flexibility index (Phi) is 7.63. The van der Waals surface area contributed by atoms with Crippen molar-refractivity contribution in [2.24, 2.45) is 5.92 Å². The third-order valence-corrected chi connectivity index (χ3v) is 4.65. The molecule has 6 heteroatoms. The number of benzene rings is 1. The van der Waals surface area contributed by atoms with Crippen LogP contribution in [0.5, 0.6) is 0 Å². The molecule has 0 aliphatic carbocycles. The first-order valence-electron chi connectivity index (χ1n) is 7.47. The van der Waals surface area contributed by atoms with E-state index in [0.29, 0.717) is 18.4 Å². The van der Waals surface area contributed by atoms with E-state index in [9.17, 15) is 9.90 Å². The number of nitrogens with one attached hydrogen (secondary N) is 1. The maximum absolute atomic E-state index is 11.5. The van der Waals surface area contributed by atoms with Crippen molar-refractivity contribution in [2.75, 3.05) is 19.6 Å². The Morgan fingerprint density at radius 3 is 2.36 bits per heavy atom. The van der Waals surface area contributed by atoms with Crippen molar-refractivity contribution >= 4 is 30.8 Å². The van der Waals surface area contributed by atoms with Gasteiger partial charge in [-0.05, 0) is 43.8 Å². The summed E-state index contributed by atoms with van der Waals surface area (Å²) in [7, 11) is 0. The van der Waals surface area contributed by atoms with Crippen molar-refractivity contribution in [2.45, 2.75) is 31.3 Å². The molecule has 2 atom stereocenters. The summed E-state index contributed by atoms with van der Waals surface area (Å²) in [5.41, 5.74) is 1.08. The molecular weight excluding hydrogens is 323 g/mol. The van der Waals surface area contributed by atoms with E-state index in [0.717, 1.165) is 12.1 Å². The fourth-order valence-corrected chi connectivity index (χ4v) is 3.48. The van der Waals surface area contributed by atoms with Crippen LogP contribution >= 0.6 is 24.8 Å². The van der Waals surface area contributed by atoms with E-state index in [-0.39, 0.29) is 24.8 Å². The van der Waals surface area contributed by atoms with Crippen LogP contribution in [0.4, 0.5) is 0 Å². The van der Waals surface area contributed by atoms with Crippen LogP contribution in [-0.4, -0.2) is 47.7 Å².